The van der Waals surface area contributed by atoms with Crippen molar-refractivity contribution in [2.75, 3.05) is 48.4 Å². The number of hydrogen-bond donors (Lipinski definition) is 2. The standard InChI is InChI=1S/C19H20ClN3O4/c20-14-1-3-16(4-2-14)22-19(25)27-13-18(24)21-15-5-7-17(8-6-15)23-9-11-26-12-10-23/h1-8H,9-13H2,(H,21,24)(H,22,25). The summed E-state index contributed by atoms with van der Waals surface area (Å²) in [5.74, 6) is -0.416. The summed E-state index contributed by atoms with van der Waals surface area (Å²) in [5.41, 5.74) is 2.25. The molecule has 0 atom stereocenters. The molecule has 3 rings (SSSR count). The summed E-state index contributed by atoms with van der Waals surface area (Å²) in [6, 6.07) is 14.1. The predicted molar refractivity (Wildman–Crippen MR) is 105 cm³/mol. The van der Waals surface area contributed by atoms with Crippen LogP contribution in [0.4, 0.5) is 21.9 Å². The number of morpholine rings is 1. The Hall–Kier alpha value is -2.77. The lowest BCUT2D eigenvalue weighted by molar-refractivity contribution is -0.118. The first-order valence-corrected chi connectivity index (χ1v) is 8.90. The smallest absolute Gasteiger partial charge is 0.412 e. The van der Waals surface area contributed by atoms with Gasteiger partial charge in [0.1, 0.15) is 0 Å². The van der Waals surface area contributed by atoms with Crippen molar-refractivity contribution in [3.63, 3.8) is 0 Å². The zero-order chi connectivity index (χ0) is 19.1. The molecule has 0 spiro atoms. The fourth-order valence-corrected chi connectivity index (χ4v) is 2.72. The number of carbonyl (C=O) groups excluding carboxylic acids is 2. The molecule has 2 aromatic rings. The van der Waals surface area contributed by atoms with Gasteiger partial charge in [-0.1, -0.05) is 11.6 Å². The summed E-state index contributed by atoms with van der Waals surface area (Å²) < 4.78 is 10.2. The Morgan fingerprint density at radius 1 is 0.963 bits per heavy atom. The lowest BCUT2D eigenvalue weighted by atomic mass is 10.2. The number of ether oxygens (including phenoxy) is 2. The van der Waals surface area contributed by atoms with E-state index in [-0.39, 0.29) is 6.61 Å². The number of carbonyl (C=O) groups is 2. The second kappa shape index (κ2) is 9.25. The molecule has 0 saturated carbocycles. The van der Waals surface area contributed by atoms with Gasteiger partial charge in [0.25, 0.3) is 5.91 Å². The number of amides is 2. The molecule has 1 heterocycles. The summed E-state index contributed by atoms with van der Waals surface area (Å²) in [4.78, 5) is 25.9. The van der Waals surface area contributed by atoms with Crippen molar-refractivity contribution in [2.24, 2.45) is 0 Å². The van der Waals surface area contributed by atoms with Crippen LogP contribution < -0.4 is 15.5 Å². The quantitative estimate of drug-likeness (QED) is 0.819. The summed E-state index contributed by atoms with van der Waals surface area (Å²) >= 11 is 5.78. The van der Waals surface area contributed by atoms with Crippen molar-refractivity contribution >= 4 is 40.7 Å². The van der Waals surface area contributed by atoms with E-state index in [0.717, 1.165) is 18.8 Å². The van der Waals surface area contributed by atoms with Crippen LogP contribution in [0, 0.1) is 0 Å². The van der Waals surface area contributed by atoms with Gasteiger partial charge in [-0.2, -0.15) is 0 Å². The van der Waals surface area contributed by atoms with Gasteiger partial charge in [0, 0.05) is 35.2 Å². The van der Waals surface area contributed by atoms with Crippen LogP contribution in [0.1, 0.15) is 0 Å². The monoisotopic (exact) mass is 389 g/mol. The number of nitrogens with one attached hydrogen (secondary N) is 2. The molecular formula is C19H20ClN3O4. The van der Waals surface area contributed by atoms with Crippen LogP contribution in [-0.2, 0) is 14.3 Å². The fourth-order valence-electron chi connectivity index (χ4n) is 2.59. The molecule has 0 unspecified atom stereocenters. The van der Waals surface area contributed by atoms with Gasteiger partial charge in [-0.05, 0) is 48.5 Å². The number of halogens is 1. The fraction of sp³-hybridized carbons (Fsp3) is 0.263. The van der Waals surface area contributed by atoms with Crippen LogP contribution in [-0.4, -0.2) is 44.9 Å². The zero-order valence-corrected chi connectivity index (χ0v) is 15.4. The highest BCUT2D eigenvalue weighted by Crippen LogP contribution is 2.19. The Labute approximate surface area is 162 Å². The van der Waals surface area contributed by atoms with E-state index in [1.165, 1.54) is 0 Å². The van der Waals surface area contributed by atoms with Gasteiger partial charge >= 0.3 is 6.09 Å². The van der Waals surface area contributed by atoms with E-state index in [1.54, 1.807) is 24.3 Å². The highest BCUT2D eigenvalue weighted by molar-refractivity contribution is 6.30. The largest absolute Gasteiger partial charge is 0.439 e. The molecule has 142 valence electrons. The van der Waals surface area contributed by atoms with Gasteiger partial charge in [-0.15, -0.1) is 0 Å². The highest BCUT2D eigenvalue weighted by Gasteiger charge is 2.12. The maximum Gasteiger partial charge on any atom is 0.412 e. The molecule has 2 aromatic carbocycles. The SMILES string of the molecule is O=C(COC(=O)Nc1ccc(Cl)cc1)Nc1ccc(N2CCOCC2)cc1. The molecule has 27 heavy (non-hydrogen) atoms. The lowest BCUT2D eigenvalue weighted by Gasteiger charge is -2.28. The number of benzene rings is 2. The average Bonchev–Trinajstić information content (AvgIpc) is 2.69. The van der Waals surface area contributed by atoms with E-state index in [0.29, 0.717) is 29.6 Å². The van der Waals surface area contributed by atoms with Gasteiger partial charge in [0.2, 0.25) is 0 Å². The molecular weight excluding hydrogens is 370 g/mol. The molecule has 0 bridgehead atoms. The second-order valence-electron chi connectivity index (χ2n) is 5.90. The van der Waals surface area contributed by atoms with Gasteiger partial charge in [0.15, 0.2) is 6.61 Å². The van der Waals surface area contributed by atoms with E-state index in [2.05, 4.69) is 15.5 Å². The van der Waals surface area contributed by atoms with Crippen LogP contribution in [0.25, 0.3) is 0 Å². The van der Waals surface area contributed by atoms with E-state index < -0.39 is 12.0 Å². The third kappa shape index (κ3) is 5.87. The normalized spacial score (nSPS) is 13.7. The lowest BCUT2D eigenvalue weighted by Crippen LogP contribution is -2.36. The summed E-state index contributed by atoms with van der Waals surface area (Å²) in [5, 5.41) is 5.77. The molecule has 1 aliphatic rings. The second-order valence-corrected chi connectivity index (χ2v) is 6.34. The molecule has 0 aliphatic carbocycles. The Morgan fingerprint density at radius 3 is 2.22 bits per heavy atom. The average molecular weight is 390 g/mol. The third-order valence-electron chi connectivity index (χ3n) is 3.95. The summed E-state index contributed by atoms with van der Waals surface area (Å²) in [7, 11) is 0. The maximum atomic E-state index is 11.9. The van der Waals surface area contributed by atoms with Gasteiger partial charge < -0.3 is 19.7 Å². The number of nitrogens with zero attached hydrogens (tertiary/aromatic N) is 1. The first-order chi connectivity index (χ1) is 13.1. The molecule has 1 saturated heterocycles. The van der Waals surface area contributed by atoms with Gasteiger partial charge in [-0.25, -0.2) is 4.79 Å². The first kappa shape index (κ1) is 19.0. The molecule has 8 heteroatoms. The van der Waals surface area contributed by atoms with Crippen LogP contribution in [0.2, 0.25) is 5.02 Å². The van der Waals surface area contributed by atoms with Crippen LogP contribution >= 0.6 is 11.6 Å². The van der Waals surface area contributed by atoms with Crippen LogP contribution in [0.3, 0.4) is 0 Å². The molecule has 0 radical (unpaired) electrons. The van der Waals surface area contributed by atoms with Crippen molar-refractivity contribution in [3.8, 4) is 0 Å². The predicted octanol–water partition coefficient (Wildman–Crippen LogP) is 3.36. The molecule has 2 N–H and O–H groups in total. The molecule has 2 amide bonds. The number of hydrogen-bond acceptors (Lipinski definition) is 5. The maximum absolute atomic E-state index is 11.9. The van der Waals surface area contributed by atoms with Crippen molar-refractivity contribution in [1.82, 2.24) is 0 Å². The van der Waals surface area contributed by atoms with Crippen molar-refractivity contribution < 1.29 is 19.1 Å². The first-order valence-electron chi connectivity index (χ1n) is 8.52. The third-order valence-corrected chi connectivity index (χ3v) is 4.20. The summed E-state index contributed by atoms with van der Waals surface area (Å²) in [6.45, 7) is 2.75. The molecule has 0 aromatic heterocycles. The van der Waals surface area contributed by atoms with E-state index in [9.17, 15) is 9.59 Å². The van der Waals surface area contributed by atoms with E-state index in [4.69, 9.17) is 21.1 Å². The van der Waals surface area contributed by atoms with Gasteiger partial charge in [0.05, 0.1) is 13.2 Å². The highest BCUT2D eigenvalue weighted by atomic mass is 35.5. The zero-order valence-electron chi connectivity index (χ0n) is 14.6. The van der Waals surface area contributed by atoms with Gasteiger partial charge in [-0.3, -0.25) is 10.1 Å². The van der Waals surface area contributed by atoms with Crippen LogP contribution in [0.15, 0.2) is 48.5 Å². The van der Waals surface area contributed by atoms with E-state index >= 15 is 0 Å². The van der Waals surface area contributed by atoms with E-state index in [1.807, 2.05) is 24.3 Å². The van der Waals surface area contributed by atoms with Crippen molar-refractivity contribution in [3.05, 3.63) is 53.6 Å². The van der Waals surface area contributed by atoms with Crippen molar-refractivity contribution in [2.45, 2.75) is 0 Å². The number of rotatable bonds is 5. The molecule has 7 nitrogen and oxygen atoms in total. The minimum Gasteiger partial charge on any atom is -0.439 e. The minimum atomic E-state index is -0.713. The number of anilines is 3. The molecule has 1 aliphatic heterocycles. The Balaban J connectivity index is 1.43. The Morgan fingerprint density at radius 2 is 1.56 bits per heavy atom. The summed E-state index contributed by atoms with van der Waals surface area (Å²) in [6.07, 6.45) is -0.713. The topological polar surface area (TPSA) is 79.9 Å². The molecule has 1 fully saturated rings. The minimum absolute atomic E-state index is 0.384. The van der Waals surface area contributed by atoms with Crippen molar-refractivity contribution in [1.29, 1.82) is 0 Å². The Kier molecular flexibility index (Phi) is 6.51. The Bertz CT molecular complexity index is 775. The van der Waals surface area contributed by atoms with Crippen LogP contribution in [0.5, 0.6) is 0 Å².